The second-order valence-corrected chi connectivity index (χ2v) is 11.3. The van der Waals surface area contributed by atoms with Crippen LogP contribution in [-0.2, 0) is 9.32 Å². The lowest BCUT2D eigenvalue weighted by Gasteiger charge is -2.38. The molecule has 0 amide bonds. The van der Waals surface area contributed by atoms with Crippen LogP contribution in [0.1, 0.15) is 33.6 Å². The quantitative estimate of drug-likeness (QED) is 0.538. The third-order valence-electron chi connectivity index (χ3n) is 4.00. The largest absolute Gasteiger partial charge is 0.480 e. The Bertz CT molecular complexity index is 294. The second-order valence-electron chi connectivity index (χ2n) is 6.55. The van der Waals surface area contributed by atoms with Crippen LogP contribution in [0.2, 0.25) is 18.1 Å². The highest BCUT2D eigenvalue weighted by Gasteiger charge is 2.38. The zero-order valence-electron chi connectivity index (χ0n) is 12.0. The highest BCUT2D eigenvalue weighted by Crippen LogP contribution is 2.36. The van der Waals surface area contributed by atoms with E-state index in [1.165, 1.54) is 0 Å². The Morgan fingerprint density at radius 1 is 1.39 bits per heavy atom. The first-order chi connectivity index (χ1) is 8.13. The van der Waals surface area contributed by atoms with Crippen molar-refractivity contribution in [2.75, 3.05) is 6.54 Å². The Morgan fingerprint density at radius 2 is 2.00 bits per heavy atom. The Kier molecular flexibility index (Phi) is 4.94. The molecular weight excluding hydrogens is 248 g/mol. The van der Waals surface area contributed by atoms with Gasteiger partial charge in [-0.15, -0.1) is 0 Å². The van der Waals surface area contributed by atoms with Crippen molar-refractivity contribution in [3.63, 3.8) is 0 Å². The lowest BCUT2D eigenvalue weighted by molar-refractivity contribution is -0.140. The Labute approximate surface area is 110 Å². The summed E-state index contributed by atoms with van der Waals surface area (Å²) in [6.45, 7) is 11.6. The predicted molar refractivity (Wildman–Crippen MR) is 73.9 cm³/mol. The van der Waals surface area contributed by atoms with E-state index < -0.39 is 20.3 Å². The third-order valence-corrected chi connectivity index (χ3v) is 8.24. The molecule has 1 rings (SSSR count). The average molecular weight is 274 g/mol. The molecule has 3 N–H and O–H groups in total. The summed E-state index contributed by atoms with van der Waals surface area (Å²) in [5.74, 6) is -0.765. The number of hydrogen-bond acceptors (Lipinski definition) is 4. The van der Waals surface area contributed by atoms with E-state index in [9.17, 15) is 4.79 Å². The number of hydrogen-bond donors (Lipinski definition) is 3. The maximum atomic E-state index is 10.8. The molecule has 18 heavy (non-hydrogen) atoms. The smallest absolute Gasteiger partial charge is 0.320 e. The number of aliphatic carboxylic acids is 1. The van der Waals surface area contributed by atoms with Gasteiger partial charge in [0.25, 0.3) is 0 Å². The molecule has 0 spiro atoms. The molecule has 106 valence electrons. The normalized spacial score (nSPS) is 26.1. The van der Waals surface area contributed by atoms with E-state index >= 15 is 0 Å². The summed E-state index contributed by atoms with van der Waals surface area (Å²) < 4.78 is 5.93. The Hall–Kier alpha value is -0.433. The van der Waals surface area contributed by atoms with Crippen molar-refractivity contribution >= 4 is 14.3 Å². The molecule has 0 bridgehead atoms. The van der Waals surface area contributed by atoms with Gasteiger partial charge in [-0.1, -0.05) is 20.8 Å². The Morgan fingerprint density at radius 3 is 2.39 bits per heavy atom. The number of carbonyl (C=O) groups is 1. The van der Waals surface area contributed by atoms with Gasteiger partial charge in [0.15, 0.2) is 0 Å². The van der Waals surface area contributed by atoms with E-state index in [0.29, 0.717) is 13.0 Å². The van der Waals surface area contributed by atoms with Crippen molar-refractivity contribution in [2.45, 2.75) is 63.8 Å². The Balaban J connectivity index is 2.36. The van der Waals surface area contributed by atoms with Crippen LogP contribution in [0.3, 0.4) is 0 Å². The summed E-state index contributed by atoms with van der Waals surface area (Å²) in [5, 5.41) is 12.1. The highest BCUT2D eigenvalue weighted by molar-refractivity contribution is 6.74. The standard InChI is InChI=1S/C12H26N2O3Si/c1-12(2,3)18(4,5)17-14-9-6-7-10(11(15)16)13-8-9/h9-10,13-14H,6-8H2,1-5H3,(H,15,16)/t9-,10+/m1/s1. The first-order valence-electron chi connectivity index (χ1n) is 6.53. The lowest BCUT2D eigenvalue weighted by Crippen LogP contribution is -2.54. The summed E-state index contributed by atoms with van der Waals surface area (Å²) in [4.78, 5) is 10.8. The SMILES string of the molecule is CC(C)(C)[Si](C)(C)ON[C@@H]1CC[C@@H](C(=O)O)NC1. The minimum Gasteiger partial charge on any atom is -0.480 e. The molecule has 1 heterocycles. The number of carboxylic acid groups (broad SMARTS) is 1. The first-order valence-corrected chi connectivity index (χ1v) is 9.44. The third kappa shape index (κ3) is 4.05. The van der Waals surface area contributed by atoms with Crippen molar-refractivity contribution in [2.24, 2.45) is 0 Å². The summed E-state index contributed by atoms with van der Waals surface area (Å²) in [6.07, 6.45) is 1.48. The fourth-order valence-corrected chi connectivity index (χ4v) is 2.32. The van der Waals surface area contributed by atoms with E-state index in [1.807, 2.05) is 0 Å². The fourth-order valence-electron chi connectivity index (χ4n) is 1.55. The minimum absolute atomic E-state index is 0.172. The van der Waals surface area contributed by atoms with Gasteiger partial charge in [-0.3, -0.25) is 4.79 Å². The molecule has 0 aliphatic carbocycles. The van der Waals surface area contributed by atoms with Crippen LogP contribution in [0, 0.1) is 0 Å². The maximum absolute atomic E-state index is 10.8. The molecule has 0 saturated carbocycles. The minimum atomic E-state index is -1.78. The van der Waals surface area contributed by atoms with Gasteiger partial charge in [-0.05, 0) is 31.0 Å². The number of carboxylic acids is 1. The lowest BCUT2D eigenvalue weighted by atomic mass is 10.0. The van der Waals surface area contributed by atoms with E-state index in [-0.39, 0.29) is 11.1 Å². The van der Waals surface area contributed by atoms with E-state index in [1.54, 1.807) is 0 Å². The van der Waals surface area contributed by atoms with Crippen LogP contribution >= 0.6 is 0 Å². The van der Waals surface area contributed by atoms with Gasteiger partial charge in [0.2, 0.25) is 8.32 Å². The average Bonchev–Trinajstić information content (AvgIpc) is 2.25. The molecule has 0 aromatic rings. The van der Waals surface area contributed by atoms with Gasteiger partial charge < -0.3 is 15.0 Å². The van der Waals surface area contributed by atoms with Crippen LogP contribution in [0.25, 0.3) is 0 Å². The maximum Gasteiger partial charge on any atom is 0.320 e. The van der Waals surface area contributed by atoms with Crippen molar-refractivity contribution in [1.82, 2.24) is 10.8 Å². The molecule has 1 aliphatic heterocycles. The molecule has 6 heteroatoms. The topological polar surface area (TPSA) is 70.6 Å². The van der Waals surface area contributed by atoms with Gasteiger partial charge >= 0.3 is 5.97 Å². The van der Waals surface area contributed by atoms with Gasteiger partial charge in [-0.25, -0.2) is 5.48 Å². The molecular formula is C12H26N2O3Si. The van der Waals surface area contributed by atoms with E-state index in [2.05, 4.69) is 44.7 Å². The number of piperidine rings is 1. The second kappa shape index (κ2) is 5.69. The summed E-state index contributed by atoms with van der Waals surface area (Å²) in [5.41, 5.74) is 3.13. The fraction of sp³-hybridized carbons (Fsp3) is 0.917. The molecule has 5 nitrogen and oxygen atoms in total. The molecule has 0 radical (unpaired) electrons. The molecule has 2 atom stereocenters. The number of rotatable bonds is 4. The molecule has 1 fully saturated rings. The van der Waals surface area contributed by atoms with Gasteiger partial charge in [0, 0.05) is 12.6 Å². The van der Waals surface area contributed by atoms with Crippen LogP contribution in [-0.4, -0.2) is 38.0 Å². The molecule has 1 aliphatic rings. The van der Waals surface area contributed by atoms with Crippen LogP contribution in [0.4, 0.5) is 0 Å². The van der Waals surface area contributed by atoms with Crippen LogP contribution in [0.5, 0.6) is 0 Å². The predicted octanol–water partition coefficient (Wildman–Crippen LogP) is 1.72. The van der Waals surface area contributed by atoms with Gasteiger partial charge in [0.05, 0.1) is 0 Å². The number of hydroxylamine groups is 1. The van der Waals surface area contributed by atoms with Crippen molar-refractivity contribution in [3.05, 3.63) is 0 Å². The molecule has 0 aromatic heterocycles. The van der Waals surface area contributed by atoms with E-state index in [0.717, 1.165) is 6.42 Å². The molecule has 1 saturated heterocycles. The zero-order chi connectivity index (χ0) is 14.0. The molecule has 0 unspecified atom stereocenters. The summed E-state index contributed by atoms with van der Waals surface area (Å²) in [7, 11) is -1.78. The van der Waals surface area contributed by atoms with Gasteiger partial charge in [-0.2, -0.15) is 0 Å². The monoisotopic (exact) mass is 274 g/mol. The summed E-state index contributed by atoms with van der Waals surface area (Å²) in [6, 6.07) is -0.203. The van der Waals surface area contributed by atoms with Crippen molar-refractivity contribution in [1.29, 1.82) is 0 Å². The zero-order valence-corrected chi connectivity index (χ0v) is 13.0. The summed E-state index contributed by atoms with van der Waals surface area (Å²) >= 11 is 0. The van der Waals surface area contributed by atoms with Crippen molar-refractivity contribution < 1.29 is 14.4 Å². The van der Waals surface area contributed by atoms with Gasteiger partial charge in [0.1, 0.15) is 6.04 Å². The van der Waals surface area contributed by atoms with Crippen LogP contribution < -0.4 is 10.8 Å². The first kappa shape index (κ1) is 15.6. The highest BCUT2D eigenvalue weighted by atomic mass is 28.4. The van der Waals surface area contributed by atoms with Crippen LogP contribution in [0.15, 0.2) is 0 Å². The van der Waals surface area contributed by atoms with E-state index in [4.69, 9.17) is 9.63 Å². The molecule has 0 aromatic carbocycles. The van der Waals surface area contributed by atoms with Crippen molar-refractivity contribution in [3.8, 4) is 0 Å². The number of nitrogens with one attached hydrogen (secondary N) is 2.